The maximum absolute atomic E-state index is 14.0. The van der Waals surface area contributed by atoms with E-state index in [9.17, 15) is 24.5 Å². The van der Waals surface area contributed by atoms with Gasteiger partial charge in [-0.3, -0.25) is 34.8 Å². The van der Waals surface area contributed by atoms with Crippen molar-refractivity contribution in [2.75, 3.05) is 37.9 Å². The Morgan fingerprint density at radius 2 is 1.92 bits per heavy atom. The van der Waals surface area contributed by atoms with Gasteiger partial charge < -0.3 is 14.4 Å². The second kappa shape index (κ2) is 8.98. The Bertz CT molecular complexity index is 1360. The van der Waals surface area contributed by atoms with Gasteiger partial charge in [0, 0.05) is 57.0 Å². The lowest BCUT2D eigenvalue weighted by Gasteiger charge is -2.55. The van der Waals surface area contributed by atoms with Gasteiger partial charge >= 0.3 is 6.03 Å². The number of nitro groups is 1. The van der Waals surface area contributed by atoms with Crippen LogP contribution in [-0.4, -0.2) is 71.6 Å². The second-order valence-corrected chi connectivity index (χ2v) is 10.1. The quantitative estimate of drug-likeness (QED) is 0.356. The number of piperazine rings is 1. The normalized spacial score (nSPS) is 24.3. The summed E-state index contributed by atoms with van der Waals surface area (Å²) in [4.78, 5) is 56.6. The minimum atomic E-state index is -1.60. The molecule has 0 aliphatic carbocycles. The molecule has 4 aliphatic heterocycles. The number of ether oxygens (including phenoxy) is 2. The number of anilines is 1. The molecule has 4 amide bonds. The standard InChI is InChI=1S/C26H27N5O7/c1-2-7-30-24(33)26(23(32)27-25(30)34)12-17-11-18(31(35)36)4-5-19(17)29-9-8-28(14-22(26)29)13-16-3-6-20-21(10-16)38-15-37-20/h3-6,10-11,22H,2,7-9,12-15H2,1H3,(H,27,32,34)/t22-,26-/m1/s1. The summed E-state index contributed by atoms with van der Waals surface area (Å²) in [6.07, 6.45) is 0.511. The number of hydrogen-bond donors (Lipinski definition) is 1. The van der Waals surface area contributed by atoms with Crippen LogP contribution in [0, 0.1) is 15.5 Å². The first-order valence-electron chi connectivity index (χ1n) is 12.6. The third-order valence-corrected chi connectivity index (χ3v) is 7.87. The average Bonchev–Trinajstić information content (AvgIpc) is 3.37. The van der Waals surface area contributed by atoms with Gasteiger partial charge in [-0.05, 0) is 35.7 Å². The van der Waals surface area contributed by atoms with Crippen molar-refractivity contribution < 1.29 is 28.8 Å². The summed E-state index contributed by atoms with van der Waals surface area (Å²) in [6, 6.07) is 9.05. The molecule has 1 N–H and O–H groups in total. The molecule has 4 aliphatic rings. The van der Waals surface area contributed by atoms with Crippen LogP contribution in [-0.2, 0) is 22.6 Å². The van der Waals surface area contributed by atoms with Crippen LogP contribution in [0.2, 0.25) is 0 Å². The summed E-state index contributed by atoms with van der Waals surface area (Å²) in [5, 5.41) is 13.9. The molecule has 0 bridgehead atoms. The molecule has 2 aromatic rings. The number of urea groups is 1. The van der Waals surface area contributed by atoms with Crippen molar-refractivity contribution in [3.63, 3.8) is 0 Å². The summed E-state index contributed by atoms with van der Waals surface area (Å²) in [5.41, 5.74) is 0.621. The maximum Gasteiger partial charge on any atom is 0.330 e. The first-order chi connectivity index (χ1) is 18.3. The van der Waals surface area contributed by atoms with Gasteiger partial charge in [0.15, 0.2) is 16.9 Å². The molecule has 6 rings (SSSR count). The highest BCUT2D eigenvalue weighted by Gasteiger charge is 2.62. The van der Waals surface area contributed by atoms with E-state index >= 15 is 0 Å². The van der Waals surface area contributed by atoms with Crippen LogP contribution >= 0.6 is 0 Å². The van der Waals surface area contributed by atoms with Crippen molar-refractivity contribution in [1.29, 1.82) is 0 Å². The van der Waals surface area contributed by atoms with Gasteiger partial charge in [-0.15, -0.1) is 0 Å². The fourth-order valence-corrected chi connectivity index (χ4v) is 6.10. The number of fused-ring (bicyclic) bond motifs is 5. The van der Waals surface area contributed by atoms with E-state index in [1.807, 2.05) is 30.0 Å². The van der Waals surface area contributed by atoms with E-state index in [1.165, 1.54) is 12.1 Å². The minimum Gasteiger partial charge on any atom is -0.454 e. The van der Waals surface area contributed by atoms with Crippen LogP contribution in [0.25, 0.3) is 0 Å². The molecule has 2 saturated heterocycles. The topological polar surface area (TPSA) is 135 Å². The van der Waals surface area contributed by atoms with Gasteiger partial charge in [-0.2, -0.15) is 0 Å². The number of nitrogens with one attached hydrogen (secondary N) is 1. The number of barbiturate groups is 1. The summed E-state index contributed by atoms with van der Waals surface area (Å²) in [7, 11) is 0. The van der Waals surface area contributed by atoms with E-state index in [4.69, 9.17) is 9.47 Å². The Hall–Kier alpha value is -4.19. The molecule has 12 heteroatoms. The fourth-order valence-electron chi connectivity index (χ4n) is 6.10. The number of hydrogen-bond acceptors (Lipinski definition) is 9. The zero-order valence-electron chi connectivity index (χ0n) is 20.8. The van der Waals surface area contributed by atoms with Crippen LogP contribution in [0.4, 0.5) is 16.2 Å². The number of nitrogens with zero attached hydrogens (tertiary/aromatic N) is 4. The van der Waals surface area contributed by atoms with E-state index in [0.29, 0.717) is 49.7 Å². The lowest BCUT2D eigenvalue weighted by molar-refractivity contribution is -0.384. The van der Waals surface area contributed by atoms with Crippen molar-refractivity contribution in [2.45, 2.75) is 32.4 Å². The highest BCUT2D eigenvalue weighted by Crippen LogP contribution is 2.46. The minimum absolute atomic E-state index is 0.0266. The molecule has 2 aromatic carbocycles. The summed E-state index contributed by atoms with van der Waals surface area (Å²) in [6.45, 7) is 4.31. The number of imide groups is 2. The Morgan fingerprint density at radius 1 is 1.11 bits per heavy atom. The molecule has 12 nitrogen and oxygen atoms in total. The van der Waals surface area contributed by atoms with E-state index < -0.39 is 34.2 Å². The van der Waals surface area contributed by atoms with Gasteiger partial charge in [0.2, 0.25) is 18.6 Å². The molecule has 1 spiro atoms. The van der Waals surface area contributed by atoms with Gasteiger partial charge in [0.25, 0.3) is 5.69 Å². The first kappa shape index (κ1) is 24.2. The lowest BCUT2D eigenvalue weighted by Crippen LogP contribution is -2.75. The van der Waals surface area contributed by atoms with Crippen LogP contribution in [0.15, 0.2) is 36.4 Å². The summed E-state index contributed by atoms with van der Waals surface area (Å²) in [5.74, 6) is 0.170. The molecular formula is C26H27N5O7. The zero-order chi connectivity index (χ0) is 26.6. The van der Waals surface area contributed by atoms with Gasteiger partial charge in [-0.25, -0.2) is 4.79 Å². The van der Waals surface area contributed by atoms with Crippen molar-refractivity contribution in [2.24, 2.45) is 5.41 Å². The van der Waals surface area contributed by atoms with E-state index in [0.717, 1.165) is 16.2 Å². The number of amides is 4. The zero-order valence-corrected chi connectivity index (χ0v) is 20.8. The largest absolute Gasteiger partial charge is 0.454 e. The van der Waals surface area contributed by atoms with Gasteiger partial charge in [0.1, 0.15) is 0 Å². The lowest BCUT2D eigenvalue weighted by atomic mass is 9.67. The number of carbonyl (C=O) groups excluding carboxylic acids is 3. The monoisotopic (exact) mass is 521 g/mol. The average molecular weight is 522 g/mol. The Labute approximate surface area is 218 Å². The SMILES string of the molecule is CCCN1C(=O)NC(=O)[C@]2(Cc3cc([N+](=O)[O-])ccc3N3CCN(Cc4ccc5c(c4)OCO5)C[C@@H]32)C1=O. The molecule has 4 heterocycles. The smallest absolute Gasteiger partial charge is 0.330 e. The van der Waals surface area contributed by atoms with Crippen molar-refractivity contribution in [3.8, 4) is 11.5 Å². The fraction of sp³-hybridized carbons (Fsp3) is 0.423. The number of carbonyl (C=O) groups is 3. The van der Waals surface area contributed by atoms with Crippen molar-refractivity contribution in [1.82, 2.24) is 15.1 Å². The molecule has 0 radical (unpaired) electrons. The van der Waals surface area contributed by atoms with E-state index in [2.05, 4.69) is 10.2 Å². The van der Waals surface area contributed by atoms with Gasteiger partial charge in [0.05, 0.1) is 11.0 Å². The molecule has 0 saturated carbocycles. The molecule has 38 heavy (non-hydrogen) atoms. The van der Waals surface area contributed by atoms with E-state index in [1.54, 1.807) is 6.07 Å². The second-order valence-electron chi connectivity index (χ2n) is 10.1. The van der Waals surface area contributed by atoms with Crippen LogP contribution in [0.3, 0.4) is 0 Å². The third kappa shape index (κ3) is 3.66. The molecular weight excluding hydrogens is 494 g/mol. The maximum atomic E-state index is 14.0. The first-order valence-corrected chi connectivity index (χ1v) is 12.6. The Kier molecular flexibility index (Phi) is 5.71. The predicted octanol–water partition coefficient (Wildman–Crippen LogP) is 2.05. The van der Waals surface area contributed by atoms with Crippen LogP contribution in [0.1, 0.15) is 24.5 Å². The predicted molar refractivity (Wildman–Crippen MR) is 134 cm³/mol. The molecule has 0 unspecified atom stereocenters. The van der Waals surface area contributed by atoms with Crippen molar-refractivity contribution in [3.05, 3.63) is 57.6 Å². The Morgan fingerprint density at radius 3 is 2.71 bits per heavy atom. The molecule has 0 aromatic heterocycles. The Balaban J connectivity index is 1.39. The number of non-ortho nitro benzene ring substituents is 1. The highest BCUT2D eigenvalue weighted by molar-refractivity contribution is 6.20. The van der Waals surface area contributed by atoms with Crippen LogP contribution < -0.4 is 19.7 Å². The summed E-state index contributed by atoms with van der Waals surface area (Å²) >= 11 is 0. The number of nitro benzene ring substituents is 1. The number of benzene rings is 2. The molecule has 2 atom stereocenters. The molecule has 198 valence electrons. The van der Waals surface area contributed by atoms with E-state index in [-0.39, 0.29) is 25.4 Å². The third-order valence-electron chi connectivity index (χ3n) is 7.87. The van der Waals surface area contributed by atoms with Crippen molar-refractivity contribution >= 4 is 29.2 Å². The highest BCUT2D eigenvalue weighted by atomic mass is 16.7. The number of rotatable bonds is 5. The van der Waals surface area contributed by atoms with Crippen LogP contribution in [0.5, 0.6) is 11.5 Å². The molecule has 2 fully saturated rings. The summed E-state index contributed by atoms with van der Waals surface area (Å²) < 4.78 is 10.9. The van der Waals surface area contributed by atoms with Gasteiger partial charge in [-0.1, -0.05) is 13.0 Å².